The minimum atomic E-state index is -0.962. The van der Waals surface area contributed by atoms with E-state index in [0.29, 0.717) is 0 Å². The molecule has 0 aliphatic carbocycles. The fourth-order valence-electron chi connectivity index (χ4n) is 2.58. The van der Waals surface area contributed by atoms with E-state index in [2.05, 4.69) is 10.6 Å². The third-order valence-electron chi connectivity index (χ3n) is 4.17. The average Bonchev–Trinajstić information content (AvgIpc) is 2.33. The van der Waals surface area contributed by atoms with Crippen LogP contribution in [0.5, 0.6) is 0 Å². The summed E-state index contributed by atoms with van der Waals surface area (Å²) in [4.78, 5) is 23.6. The second-order valence-corrected chi connectivity index (χ2v) is 6.19. The predicted octanol–water partition coefficient (Wildman–Crippen LogP) is 1.38. The number of nitrogens with one attached hydrogen (secondary N) is 2. The van der Waals surface area contributed by atoms with E-state index >= 15 is 0 Å². The number of rotatable bonds is 5. The zero-order valence-electron chi connectivity index (χ0n) is 12.3. The first kappa shape index (κ1) is 16.0. The van der Waals surface area contributed by atoms with Gasteiger partial charge in [0.2, 0.25) is 5.91 Å². The highest BCUT2D eigenvalue weighted by atomic mass is 16.4. The van der Waals surface area contributed by atoms with Crippen molar-refractivity contribution < 1.29 is 14.7 Å². The molecule has 1 heterocycles. The first-order chi connectivity index (χ1) is 8.79. The van der Waals surface area contributed by atoms with E-state index in [9.17, 15) is 14.7 Å². The maximum absolute atomic E-state index is 12.3. The van der Waals surface area contributed by atoms with Gasteiger partial charge >= 0.3 is 5.97 Å². The first-order valence-electron chi connectivity index (χ1n) is 7.06. The lowest BCUT2D eigenvalue weighted by Gasteiger charge is -2.39. The van der Waals surface area contributed by atoms with Crippen LogP contribution < -0.4 is 10.6 Å². The molecule has 5 heteroatoms. The van der Waals surface area contributed by atoms with E-state index < -0.39 is 12.0 Å². The van der Waals surface area contributed by atoms with Crippen LogP contribution in [0.4, 0.5) is 0 Å². The lowest BCUT2D eigenvalue weighted by Crippen LogP contribution is -2.59. The zero-order valence-corrected chi connectivity index (χ0v) is 12.3. The number of amides is 1. The van der Waals surface area contributed by atoms with E-state index in [1.165, 1.54) is 0 Å². The summed E-state index contributed by atoms with van der Waals surface area (Å²) in [5.41, 5.74) is -0.138. The number of carboxylic acids is 1. The lowest BCUT2D eigenvalue weighted by atomic mass is 9.77. The van der Waals surface area contributed by atoms with Gasteiger partial charge < -0.3 is 15.7 Å². The van der Waals surface area contributed by atoms with Gasteiger partial charge in [-0.1, -0.05) is 34.1 Å². The Kier molecular flexibility index (Phi) is 5.35. The van der Waals surface area contributed by atoms with Gasteiger partial charge in [0.1, 0.15) is 6.04 Å². The summed E-state index contributed by atoms with van der Waals surface area (Å²) < 4.78 is 0. The van der Waals surface area contributed by atoms with Gasteiger partial charge in [0.05, 0.1) is 6.04 Å². The molecule has 5 nitrogen and oxygen atoms in total. The van der Waals surface area contributed by atoms with Gasteiger partial charge in [0.25, 0.3) is 0 Å². The molecule has 0 saturated carbocycles. The van der Waals surface area contributed by atoms with E-state index in [4.69, 9.17) is 0 Å². The number of aliphatic carboxylic acids is 1. The molecule has 0 spiro atoms. The largest absolute Gasteiger partial charge is 0.480 e. The summed E-state index contributed by atoms with van der Waals surface area (Å²) in [5, 5.41) is 15.1. The van der Waals surface area contributed by atoms with Crippen molar-refractivity contribution in [2.45, 2.75) is 59.0 Å². The standard InChI is InChI=1S/C14H26N2O3/c1-5-9(2)10(13(18)19)16-12(17)11-14(3,4)7-6-8-15-11/h9-11,15H,5-8H2,1-4H3,(H,16,17)(H,18,19)/t9?,10-,11?/m0/s1. The van der Waals surface area contributed by atoms with Crippen molar-refractivity contribution in [2.75, 3.05) is 6.54 Å². The normalized spacial score (nSPS) is 25.4. The van der Waals surface area contributed by atoms with Crippen molar-refractivity contribution in [1.82, 2.24) is 10.6 Å². The molecule has 1 aliphatic rings. The van der Waals surface area contributed by atoms with Gasteiger partial charge in [-0.3, -0.25) is 4.79 Å². The Hall–Kier alpha value is -1.10. The first-order valence-corrected chi connectivity index (χ1v) is 7.06. The minimum absolute atomic E-state index is 0.0758. The molecular weight excluding hydrogens is 244 g/mol. The van der Waals surface area contributed by atoms with E-state index in [1.807, 2.05) is 27.7 Å². The number of piperidine rings is 1. The molecule has 1 aliphatic heterocycles. The highest BCUT2D eigenvalue weighted by Gasteiger charge is 2.39. The minimum Gasteiger partial charge on any atom is -0.480 e. The maximum Gasteiger partial charge on any atom is 0.326 e. The molecule has 0 aromatic rings. The van der Waals surface area contributed by atoms with Gasteiger partial charge in [-0.25, -0.2) is 4.79 Å². The van der Waals surface area contributed by atoms with E-state index in [-0.39, 0.29) is 23.3 Å². The Morgan fingerprint density at radius 1 is 1.47 bits per heavy atom. The molecule has 0 radical (unpaired) electrons. The topological polar surface area (TPSA) is 78.4 Å². The van der Waals surface area contributed by atoms with Gasteiger partial charge in [-0.15, -0.1) is 0 Å². The van der Waals surface area contributed by atoms with Crippen LogP contribution >= 0.6 is 0 Å². The number of hydrogen-bond acceptors (Lipinski definition) is 3. The van der Waals surface area contributed by atoms with Crippen LogP contribution in [-0.4, -0.2) is 35.6 Å². The molecule has 3 atom stereocenters. The van der Waals surface area contributed by atoms with Crippen LogP contribution in [0, 0.1) is 11.3 Å². The molecule has 0 bridgehead atoms. The maximum atomic E-state index is 12.3. The molecule has 0 aromatic heterocycles. The van der Waals surface area contributed by atoms with Crippen LogP contribution in [-0.2, 0) is 9.59 Å². The molecule has 110 valence electrons. The molecule has 3 N–H and O–H groups in total. The number of hydrogen-bond donors (Lipinski definition) is 3. The quantitative estimate of drug-likeness (QED) is 0.705. The monoisotopic (exact) mass is 270 g/mol. The molecule has 2 unspecified atom stereocenters. The van der Waals surface area contributed by atoms with Gasteiger partial charge in [0.15, 0.2) is 0 Å². The second kappa shape index (κ2) is 6.37. The summed E-state index contributed by atoms with van der Waals surface area (Å²) in [7, 11) is 0. The van der Waals surface area contributed by atoms with Crippen LogP contribution in [0.2, 0.25) is 0 Å². The predicted molar refractivity (Wildman–Crippen MR) is 73.8 cm³/mol. The highest BCUT2D eigenvalue weighted by molar-refractivity contribution is 5.87. The average molecular weight is 270 g/mol. The molecular formula is C14H26N2O3. The van der Waals surface area contributed by atoms with Crippen molar-refractivity contribution >= 4 is 11.9 Å². The van der Waals surface area contributed by atoms with Crippen LogP contribution in [0.3, 0.4) is 0 Å². The summed E-state index contributed by atoms with van der Waals surface area (Å²) in [6.07, 6.45) is 2.74. The number of carboxylic acid groups (broad SMARTS) is 1. The molecule has 19 heavy (non-hydrogen) atoms. The Balaban J connectivity index is 2.73. The molecule has 1 fully saturated rings. The number of carbonyl (C=O) groups is 2. The smallest absolute Gasteiger partial charge is 0.326 e. The summed E-state index contributed by atoms with van der Waals surface area (Å²) >= 11 is 0. The highest BCUT2D eigenvalue weighted by Crippen LogP contribution is 2.30. The molecule has 1 amide bonds. The zero-order chi connectivity index (χ0) is 14.6. The Morgan fingerprint density at radius 2 is 2.11 bits per heavy atom. The van der Waals surface area contributed by atoms with Gasteiger partial charge in [0, 0.05) is 0 Å². The van der Waals surface area contributed by atoms with Crippen molar-refractivity contribution in [3.63, 3.8) is 0 Å². The lowest BCUT2D eigenvalue weighted by molar-refractivity contribution is -0.144. The van der Waals surface area contributed by atoms with Crippen molar-refractivity contribution in [1.29, 1.82) is 0 Å². The molecule has 1 saturated heterocycles. The summed E-state index contributed by atoms with van der Waals surface area (Å²) in [5.74, 6) is -1.23. The van der Waals surface area contributed by atoms with Crippen LogP contribution in [0.15, 0.2) is 0 Å². The van der Waals surface area contributed by atoms with E-state index in [1.54, 1.807) is 0 Å². The van der Waals surface area contributed by atoms with Gasteiger partial charge in [-0.05, 0) is 30.7 Å². The third-order valence-corrected chi connectivity index (χ3v) is 4.17. The SMILES string of the molecule is CCC(C)[C@H](NC(=O)C1NCCCC1(C)C)C(=O)O. The fraction of sp³-hybridized carbons (Fsp3) is 0.857. The van der Waals surface area contributed by atoms with Crippen molar-refractivity contribution in [2.24, 2.45) is 11.3 Å². The Morgan fingerprint density at radius 3 is 2.58 bits per heavy atom. The second-order valence-electron chi connectivity index (χ2n) is 6.19. The fourth-order valence-corrected chi connectivity index (χ4v) is 2.58. The summed E-state index contributed by atoms with van der Waals surface area (Å²) in [6, 6.07) is -1.12. The van der Waals surface area contributed by atoms with Crippen molar-refractivity contribution in [3.05, 3.63) is 0 Å². The number of carbonyl (C=O) groups excluding carboxylic acids is 1. The Bertz CT molecular complexity index is 342. The third kappa shape index (κ3) is 3.93. The van der Waals surface area contributed by atoms with Crippen LogP contribution in [0.1, 0.15) is 47.0 Å². The molecule has 1 rings (SSSR count). The van der Waals surface area contributed by atoms with Gasteiger partial charge in [-0.2, -0.15) is 0 Å². The van der Waals surface area contributed by atoms with Crippen molar-refractivity contribution in [3.8, 4) is 0 Å². The Labute approximate surface area is 115 Å². The summed E-state index contributed by atoms with van der Waals surface area (Å²) in [6.45, 7) is 8.67. The van der Waals surface area contributed by atoms with E-state index in [0.717, 1.165) is 25.8 Å². The van der Waals surface area contributed by atoms with Crippen LogP contribution in [0.25, 0.3) is 0 Å². The molecule has 0 aromatic carbocycles.